The largest absolute Gasteiger partial charge is 0.251 e. The summed E-state index contributed by atoms with van der Waals surface area (Å²) in [6.07, 6.45) is 14.8. The van der Waals surface area contributed by atoms with Crippen molar-refractivity contribution in [3.8, 4) is 0 Å². The SMILES string of the molecule is CCCCCCCCCCCCc1ccc(NOS(=O)c2ccc(C)cc2)cc1. The molecular formula is C25H37NO2S. The number of benzene rings is 2. The molecule has 160 valence electrons. The Bertz CT molecular complexity index is 698. The first-order valence-corrected chi connectivity index (χ1v) is 12.3. The molecule has 1 N–H and O–H groups in total. The fraction of sp³-hybridized carbons (Fsp3) is 0.520. The molecule has 0 aliphatic carbocycles. The molecule has 0 saturated heterocycles. The average molecular weight is 416 g/mol. The van der Waals surface area contributed by atoms with Crippen LogP contribution >= 0.6 is 0 Å². The van der Waals surface area contributed by atoms with E-state index in [1.807, 2.05) is 43.3 Å². The van der Waals surface area contributed by atoms with Gasteiger partial charge in [-0.05, 0) is 49.6 Å². The van der Waals surface area contributed by atoms with Gasteiger partial charge in [-0.15, -0.1) is 0 Å². The monoisotopic (exact) mass is 415 g/mol. The smallest absolute Gasteiger partial charge is 0.212 e. The van der Waals surface area contributed by atoms with Crippen LogP contribution in [0.25, 0.3) is 0 Å². The zero-order chi connectivity index (χ0) is 20.7. The standard InChI is InChI=1S/C25H37NO2S/c1-3-4-5-6-7-8-9-10-11-12-13-23-16-18-24(19-17-23)26-28-29(27)25-20-14-22(2)15-21-25/h14-21,26H,3-13H2,1-2H3. The summed E-state index contributed by atoms with van der Waals surface area (Å²) in [6.45, 7) is 4.27. The number of hydrogen-bond donors (Lipinski definition) is 1. The highest BCUT2D eigenvalue weighted by atomic mass is 32.2. The van der Waals surface area contributed by atoms with Crippen LogP contribution in [0, 0.1) is 6.92 Å². The molecule has 0 aliphatic heterocycles. The molecular weight excluding hydrogens is 378 g/mol. The number of nitrogens with one attached hydrogen (secondary N) is 1. The Kier molecular flexibility index (Phi) is 11.7. The normalized spacial score (nSPS) is 12.1. The van der Waals surface area contributed by atoms with Crippen LogP contribution in [0.3, 0.4) is 0 Å². The highest BCUT2D eigenvalue weighted by Crippen LogP contribution is 2.16. The predicted octanol–water partition coefficient (Wildman–Crippen LogP) is 7.52. The predicted molar refractivity (Wildman–Crippen MR) is 124 cm³/mol. The Balaban J connectivity index is 1.56. The van der Waals surface area contributed by atoms with Crippen LogP contribution in [0.4, 0.5) is 5.69 Å². The van der Waals surface area contributed by atoms with Gasteiger partial charge in [0.2, 0.25) is 11.1 Å². The van der Waals surface area contributed by atoms with Crippen molar-refractivity contribution in [2.75, 3.05) is 5.48 Å². The van der Waals surface area contributed by atoms with Crippen molar-refractivity contribution in [1.29, 1.82) is 0 Å². The van der Waals surface area contributed by atoms with E-state index in [9.17, 15) is 4.21 Å². The van der Waals surface area contributed by atoms with Crippen LogP contribution in [-0.2, 0) is 21.8 Å². The maximum Gasteiger partial charge on any atom is 0.212 e. The lowest BCUT2D eigenvalue weighted by atomic mass is 10.0. The van der Waals surface area contributed by atoms with Gasteiger partial charge in [-0.2, -0.15) is 4.28 Å². The minimum absolute atomic E-state index is 0.653. The van der Waals surface area contributed by atoms with E-state index in [0.717, 1.165) is 17.7 Å². The molecule has 29 heavy (non-hydrogen) atoms. The van der Waals surface area contributed by atoms with Crippen LogP contribution in [-0.4, -0.2) is 4.21 Å². The minimum Gasteiger partial charge on any atom is -0.251 e. The van der Waals surface area contributed by atoms with Gasteiger partial charge in [-0.1, -0.05) is 94.5 Å². The maximum absolute atomic E-state index is 12.1. The van der Waals surface area contributed by atoms with E-state index in [1.165, 1.54) is 69.8 Å². The van der Waals surface area contributed by atoms with Crippen molar-refractivity contribution >= 4 is 16.8 Å². The molecule has 3 nitrogen and oxygen atoms in total. The number of anilines is 1. The summed E-state index contributed by atoms with van der Waals surface area (Å²) in [6, 6.07) is 15.7. The highest BCUT2D eigenvalue weighted by molar-refractivity contribution is 7.80. The first-order chi connectivity index (χ1) is 14.2. The summed E-state index contributed by atoms with van der Waals surface area (Å²) in [5.74, 6) is 0. The third-order valence-electron chi connectivity index (χ3n) is 5.22. The second-order valence-corrected chi connectivity index (χ2v) is 8.97. The average Bonchev–Trinajstić information content (AvgIpc) is 2.74. The molecule has 0 heterocycles. The molecule has 2 aromatic rings. The van der Waals surface area contributed by atoms with E-state index in [1.54, 1.807) is 0 Å². The Morgan fingerprint density at radius 1 is 0.759 bits per heavy atom. The molecule has 0 radical (unpaired) electrons. The van der Waals surface area contributed by atoms with Crippen molar-refractivity contribution in [2.24, 2.45) is 0 Å². The Labute approximate surface area is 179 Å². The first-order valence-electron chi connectivity index (χ1n) is 11.2. The summed E-state index contributed by atoms with van der Waals surface area (Å²) < 4.78 is 17.4. The summed E-state index contributed by atoms with van der Waals surface area (Å²) in [5.41, 5.74) is 6.09. The number of rotatable bonds is 15. The highest BCUT2D eigenvalue weighted by Gasteiger charge is 2.05. The molecule has 0 saturated carbocycles. The van der Waals surface area contributed by atoms with E-state index >= 15 is 0 Å². The lowest BCUT2D eigenvalue weighted by Crippen LogP contribution is -2.05. The quantitative estimate of drug-likeness (QED) is 0.241. The van der Waals surface area contributed by atoms with Crippen LogP contribution in [0.1, 0.15) is 82.3 Å². The molecule has 0 aliphatic rings. The fourth-order valence-corrected chi connectivity index (χ4v) is 3.97. The maximum atomic E-state index is 12.1. The van der Waals surface area contributed by atoms with Gasteiger partial charge in [-0.3, -0.25) is 5.48 Å². The van der Waals surface area contributed by atoms with Gasteiger partial charge < -0.3 is 0 Å². The van der Waals surface area contributed by atoms with E-state index in [-0.39, 0.29) is 0 Å². The summed E-state index contributed by atoms with van der Waals surface area (Å²) in [7, 11) is 0. The van der Waals surface area contributed by atoms with Gasteiger partial charge in [0, 0.05) is 0 Å². The van der Waals surface area contributed by atoms with E-state index in [0.29, 0.717) is 4.90 Å². The van der Waals surface area contributed by atoms with Crippen molar-refractivity contribution in [1.82, 2.24) is 0 Å². The Morgan fingerprint density at radius 2 is 1.31 bits per heavy atom. The van der Waals surface area contributed by atoms with Gasteiger partial charge >= 0.3 is 0 Å². The Hall–Kier alpha value is -1.65. The number of aryl methyl sites for hydroxylation is 2. The second-order valence-electron chi connectivity index (χ2n) is 7.86. The summed E-state index contributed by atoms with van der Waals surface area (Å²) in [5, 5.41) is 0. The van der Waals surface area contributed by atoms with Gasteiger partial charge in [-0.25, -0.2) is 4.21 Å². The van der Waals surface area contributed by atoms with Crippen LogP contribution in [0.15, 0.2) is 53.4 Å². The van der Waals surface area contributed by atoms with Crippen molar-refractivity contribution in [3.05, 3.63) is 59.7 Å². The summed E-state index contributed by atoms with van der Waals surface area (Å²) in [4.78, 5) is 0.653. The number of hydrogen-bond acceptors (Lipinski definition) is 3. The van der Waals surface area contributed by atoms with Crippen molar-refractivity contribution < 1.29 is 8.49 Å². The molecule has 0 spiro atoms. The van der Waals surface area contributed by atoms with Crippen molar-refractivity contribution in [3.63, 3.8) is 0 Å². The molecule has 2 aromatic carbocycles. The van der Waals surface area contributed by atoms with Gasteiger partial charge in [0.25, 0.3) is 0 Å². The molecule has 0 bridgehead atoms. The third kappa shape index (κ3) is 10.1. The van der Waals surface area contributed by atoms with Crippen LogP contribution in [0.5, 0.6) is 0 Å². The van der Waals surface area contributed by atoms with Gasteiger partial charge in [0.05, 0.1) is 10.6 Å². The molecule has 2 rings (SSSR count). The van der Waals surface area contributed by atoms with E-state index in [2.05, 4.69) is 24.5 Å². The number of unbranched alkanes of at least 4 members (excludes halogenated alkanes) is 9. The molecule has 0 aromatic heterocycles. The molecule has 4 heteroatoms. The minimum atomic E-state index is -1.52. The lowest BCUT2D eigenvalue weighted by molar-refractivity contribution is 0.436. The van der Waals surface area contributed by atoms with E-state index in [4.69, 9.17) is 4.28 Å². The van der Waals surface area contributed by atoms with Crippen LogP contribution in [0.2, 0.25) is 0 Å². The Morgan fingerprint density at radius 3 is 1.90 bits per heavy atom. The molecule has 0 fully saturated rings. The molecule has 0 amide bonds. The van der Waals surface area contributed by atoms with E-state index < -0.39 is 11.1 Å². The molecule has 1 atom stereocenters. The van der Waals surface area contributed by atoms with Crippen LogP contribution < -0.4 is 5.48 Å². The zero-order valence-electron chi connectivity index (χ0n) is 18.1. The zero-order valence-corrected chi connectivity index (χ0v) is 18.9. The van der Waals surface area contributed by atoms with Gasteiger partial charge in [0.15, 0.2) is 0 Å². The molecule has 1 unspecified atom stereocenters. The fourth-order valence-electron chi connectivity index (χ4n) is 3.34. The topological polar surface area (TPSA) is 38.3 Å². The summed E-state index contributed by atoms with van der Waals surface area (Å²) >= 11 is -1.52. The second kappa shape index (κ2) is 14.4. The first kappa shape index (κ1) is 23.6. The van der Waals surface area contributed by atoms with Crippen molar-refractivity contribution in [2.45, 2.75) is 89.4 Å². The lowest BCUT2D eigenvalue weighted by Gasteiger charge is -2.08. The third-order valence-corrected chi connectivity index (χ3v) is 6.11. The van der Waals surface area contributed by atoms with Gasteiger partial charge in [0.1, 0.15) is 0 Å².